The average Bonchev–Trinajstić information content (AvgIpc) is 2.65. The molecule has 0 aliphatic heterocycles. The number of hydrogen-bond donors (Lipinski definition) is 2. The summed E-state index contributed by atoms with van der Waals surface area (Å²) in [6.07, 6.45) is 4.22. The summed E-state index contributed by atoms with van der Waals surface area (Å²) in [5.41, 5.74) is 0.464. The minimum atomic E-state index is -1.16. The molecule has 1 aliphatic carbocycles. The number of ketones is 1. The van der Waals surface area contributed by atoms with Crippen molar-refractivity contribution in [2.75, 3.05) is 18.0 Å². The van der Waals surface area contributed by atoms with Gasteiger partial charge in [0, 0.05) is 30.8 Å². The van der Waals surface area contributed by atoms with Gasteiger partial charge in [-0.05, 0) is 51.7 Å². The quantitative estimate of drug-likeness (QED) is 0.633. The Morgan fingerprint density at radius 3 is 2.48 bits per heavy atom. The van der Waals surface area contributed by atoms with E-state index in [-0.39, 0.29) is 18.7 Å². The van der Waals surface area contributed by atoms with Crippen LogP contribution in [0.25, 0.3) is 0 Å². The van der Waals surface area contributed by atoms with E-state index in [0.717, 1.165) is 12.8 Å². The van der Waals surface area contributed by atoms with Crippen molar-refractivity contribution in [1.29, 1.82) is 0 Å². The van der Waals surface area contributed by atoms with Gasteiger partial charge in [0.15, 0.2) is 5.78 Å². The van der Waals surface area contributed by atoms with Crippen LogP contribution in [0.1, 0.15) is 69.7 Å². The van der Waals surface area contributed by atoms with E-state index < -0.39 is 17.8 Å². The predicted molar refractivity (Wildman–Crippen MR) is 112 cm³/mol. The average molecular weight is 405 g/mol. The SMILES string of the molecule is CC(C)(C)OC(=O)N(CC1CCCCC1)c1cccc(C(=O)CCNC(=O)O)c1. The summed E-state index contributed by atoms with van der Waals surface area (Å²) >= 11 is 0. The van der Waals surface area contributed by atoms with Crippen LogP contribution in [0.2, 0.25) is 0 Å². The van der Waals surface area contributed by atoms with Gasteiger partial charge in [-0.3, -0.25) is 9.69 Å². The van der Waals surface area contributed by atoms with E-state index in [2.05, 4.69) is 5.32 Å². The Balaban J connectivity index is 2.18. The van der Waals surface area contributed by atoms with Gasteiger partial charge in [-0.15, -0.1) is 0 Å². The number of anilines is 1. The van der Waals surface area contributed by atoms with Crippen molar-refractivity contribution in [2.45, 2.75) is 64.9 Å². The van der Waals surface area contributed by atoms with Crippen LogP contribution in [0.4, 0.5) is 15.3 Å². The number of ether oxygens (including phenoxy) is 1. The number of carbonyl (C=O) groups excluding carboxylic acids is 2. The van der Waals surface area contributed by atoms with Gasteiger partial charge < -0.3 is 15.2 Å². The molecule has 160 valence electrons. The lowest BCUT2D eigenvalue weighted by molar-refractivity contribution is 0.0571. The fourth-order valence-electron chi connectivity index (χ4n) is 3.50. The molecule has 1 aromatic carbocycles. The molecule has 0 saturated heterocycles. The molecular weight excluding hydrogens is 372 g/mol. The second kappa shape index (κ2) is 10.3. The van der Waals surface area contributed by atoms with Crippen molar-refractivity contribution >= 4 is 23.7 Å². The first-order valence-electron chi connectivity index (χ1n) is 10.3. The fraction of sp³-hybridized carbons (Fsp3) is 0.591. The number of hydrogen-bond acceptors (Lipinski definition) is 4. The first-order chi connectivity index (χ1) is 13.7. The molecule has 0 atom stereocenters. The van der Waals surface area contributed by atoms with Crippen LogP contribution in [0.3, 0.4) is 0 Å². The number of Topliss-reactive ketones (excluding diaryl/α,β-unsaturated/α-hetero) is 1. The number of carboxylic acid groups (broad SMARTS) is 1. The molecule has 1 fully saturated rings. The van der Waals surface area contributed by atoms with Crippen LogP contribution in [0.5, 0.6) is 0 Å². The molecule has 0 aromatic heterocycles. The van der Waals surface area contributed by atoms with Crippen molar-refractivity contribution in [3.05, 3.63) is 29.8 Å². The predicted octanol–water partition coefficient (Wildman–Crippen LogP) is 4.85. The third-order valence-electron chi connectivity index (χ3n) is 4.89. The maximum atomic E-state index is 12.9. The minimum Gasteiger partial charge on any atom is -0.465 e. The Kier molecular flexibility index (Phi) is 8.05. The Labute approximate surface area is 172 Å². The molecule has 2 amide bonds. The highest BCUT2D eigenvalue weighted by Gasteiger charge is 2.27. The smallest absolute Gasteiger partial charge is 0.414 e. The Morgan fingerprint density at radius 2 is 1.86 bits per heavy atom. The third kappa shape index (κ3) is 7.75. The summed E-state index contributed by atoms with van der Waals surface area (Å²) in [6.45, 7) is 6.11. The number of amides is 2. The summed E-state index contributed by atoms with van der Waals surface area (Å²) in [4.78, 5) is 37.5. The molecule has 0 radical (unpaired) electrons. The summed E-state index contributed by atoms with van der Waals surface area (Å²) < 4.78 is 5.61. The standard InChI is InChI=1S/C22H32N2O5/c1-22(2,3)29-21(28)24(15-16-8-5-4-6-9-16)18-11-7-10-17(14-18)19(25)12-13-23-20(26)27/h7,10-11,14,16,23H,4-6,8-9,12-13,15H2,1-3H3,(H,26,27). The second-order valence-electron chi connectivity index (χ2n) is 8.55. The molecule has 0 heterocycles. The topological polar surface area (TPSA) is 95.9 Å². The normalized spacial score (nSPS) is 14.9. The number of nitrogens with one attached hydrogen (secondary N) is 1. The van der Waals surface area contributed by atoms with E-state index in [1.54, 1.807) is 29.2 Å². The molecule has 2 rings (SSSR count). The van der Waals surface area contributed by atoms with E-state index in [0.29, 0.717) is 23.7 Å². The highest BCUT2D eigenvalue weighted by atomic mass is 16.6. The molecule has 7 nitrogen and oxygen atoms in total. The Morgan fingerprint density at radius 1 is 1.17 bits per heavy atom. The maximum Gasteiger partial charge on any atom is 0.414 e. The zero-order valence-corrected chi connectivity index (χ0v) is 17.6. The van der Waals surface area contributed by atoms with Crippen molar-refractivity contribution in [1.82, 2.24) is 5.32 Å². The molecule has 0 unspecified atom stereocenters. The lowest BCUT2D eigenvalue weighted by Gasteiger charge is -2.32. The Hall–Kier alpha value is -2.57. The van der Waals surface area contributed by atoms with E-state index in [1.807, 2.05) is 20.8 Å². The highest BCUT2D eigenvalue weighted by Crippen LogP contribution is 2.28. The van der Waals surface area contributed by atoms with E-state index >= 15 is 0 Å². The number of rotatable bonds is 7. The van der Waals surface area contributed by atoms with Crippen LogP contribution < -0.4 is 10.2 Å². The van der Waals surface area contributed by atoms with Crippen LogP contribution in [-0.2, 0) is 4.74 Å². The minimum absolute atomic E-state index is 0.0518. The van der Waals surface area contributed by atoms with Gasteiger partial charge in [0.05, 0.1) is 0 Å². The van der Waals surface area contributed by atoms with Crippen molar-refractivity contribution in [3.8, 4) is 0 Å². The number of benzene rings is 1. The molecule has 0 bridgehead atoms. The van der Waals surface area contributed by atoms with E-state index in [9.17, 15) is 14.4 Å². The second-order valence-corrected chi connectivity index (χ2v) is 8.55. The maximum absolute atomic E-state index is 12.9. The van der Waals surface area contributed by atoms with Crippen molar-refractivity contribution in [3.63, 3.8) is 0 Å². The van der Waals surface area contributed by atoms with Gasteiger partial charge in [0.1, 0.15) is 5.60 Å². The van der Waals surface area contributed by atoms with Crippen molar-refractivity contribution < 1.29 is 24.2 Å². The molecule has 1 aromatic rings. The zero-order chi connectivity index (χ0) is 21.4. The van der Waals surface area contributed by atoms with E-state index in [4.69, 9.17) is 9.84 Å². The Bertz CT molecular complexity index is 720. The monoisotopic (exact) mass is 404 g/mol. The molecular formula is C22H32N2O5. The molecule has 0 spiro atoms. The largest absolute Gasteiger partial charge is 0.465 e. The van der Waals surface area contributed by atoms with Gasteiger partial charge in [0.2, 0.25) is 0 Å². The molecule has 1 aliphatic rings. The third-order valence-corrected chi connectivity index (χ3v) is 4.89. The first-order valence-corrected chi connectivity index (χ1v) is 10.3. The molecule has 29 heavy (non-hydrogen) atoms. The van der Waals surface area contributed by atoms with Gasteiger partial charge in [-0.1, -0.05) is 31.4 Å². The van der Waals surface area contributed by atoms with Crippen LogP contribution in [0.15, 0.2) is 24.3 Å². The molecule has 7 heteroatoms. The van der Waals surface area contributed by atoms with Gasteiger partial charge in [-0.2, -0.15) is 0 Å². The summed E-state index contributed by atoms with van der Waals surface area (Å²) in [7, 11) is 0. The fourth-order valence-corrected chi connectivity index (χ4v) is 3.50. The van der Waals surface area contributed by atoms with Gasteiger partial charge >= 0.3 is 12.2 Å². The van der Waals surface area contributed by atoms with Gasteiger partial charge in [0.25, 0.3) is 0 Å². The summed E-state index contributed by atoms with van der Waals surface area (Å²) in [5, 5.41) is 10.8. The lowest BCUT2D eigenvalue weighted by atomic mass is 9.89. The lowest BCUT2D eigenvalue weighted by Crippen LogP contribution is -2.40. The summed E-state index contributed by atoms with van der Waals surface area (Å²) in [5.74, 6) is 0.234. The molecule has 2 N–H and O–H groups in total. The zero-order valence-electron chi connectivity index (χ0n) is 17.6. The molecule has 1 saturated carbocycles. The van der Waals surface area contributed by atoms with Crippen LogP contribution >= 0.6 is 0 Å². The van der Waals surface area contributed by atoms with Crippen molar-refractivity contribution in [2.24, 2.45) is 5.92 Å². The van der Waals surface area contributed by atoms with E-state index in [1.165, 1.54) is 19.3 Å². The van der Waals surface area contributed by atoms with Gasteiger partial charge in [-0.25, -0.2) is 9.59 Å². The van der Waals surface area contributed by atoms with Crippen LogP contribution in [0, 0.1) is 5.92 Å². The number of carbonyl (C=O) groups is 3. The summed E-state index contributed by atoms with van der Waals surface area (Å²) in [6, 6.07) is 6.92. The highest BCUT2D eigenvalue weighted by molar-refractivity contribution is 5.98. The number of nitrogens with zero attached hydrogens (tertiary/aromatic N) is 1. The first kappa shape index (κ1) is 22.7. The van der Waals surface area contributed by atoms with Crippen LogP contribution in [-0.4, -0.2) is 41.8 Å².